The van der Waals surface area contributed by atoms with Crippen LogP contribution in [0.2, 0.25) is 0 Å². The third-order valence-corrected chi connectivity index (χ3v) is 5.40. The van der Waals surface area contributed by atoms with Gasteiger partial charge in [-0.05, 0) is 28.7 Å². The Hall–Kier alpha value is -2.88. The number of aromatic nitrogens is 1. The van der Waals surface area contributed by atoms with Crippen molar-refractivity contribution in [1.29, 1.82) is 0 Å². The van der Waals surface area contributed by atoms with Gasteiger partial charge in [0.2, 0.25) is 0 Å². The summed E-state index contributed by atoms with van der Waals surface area (Å²) in [5.41, 5.74) is 3.46. The molecule has 1 unspecified atom stereocenters. The molecule has 2 heterocycles. The second-order valence-electron chi connectivity index (χ2n) is 8.23. The van der Waals surface area contributed by atoms with E-state index in [4.69, 9.17) is 4.74 Å². The van der Waals surface area contributed by atoms with Crippen molar-refractivity contribution in [1.82, 2.24) is 4.57 Å². The van der Waals surface area contributed by atoms with E-state index in [2.05, 4.69) is 32.9 Å². The monoisotopic (exact) mass is 361 g/mol. The average Bonchev–Trinajstić information content (AvgIpc) is 2.65. The number of nitrogens with zero attached hydrogens (tertiary/aromatic N) is 1. The first-order valence-corrected chi connectivity index (χ1v) is 9.20. The van der Waals surface area contributed by atoms with Crippen molar-refractivity contribution in [3.05, 3.63) is 75.6 Å². The topological polar surface area (TPSA) is 48.3 Å². The van der Waals surface area contributed by atoms with Crippen molar-refractivity contribution < 1.29 is 9.53 Å². The quantitative estimate of drug-likeness (QED) is 0.608. The Kier molecular flexibility index (Phi) is 3.95. The standard InChI is InChI=1S/C23H23NO3/c1-23(2,3)15-11-9-14(10-12-15)17-13-19(25)27-21-16-7-5-6-8-18(16)24(4)22(26)20(17)21/h5-12,17H,13H2,1-4H3. The van der Waals surface area contributed by atoms with Crippen LogP contribution in [0.3, 0.4) is 0 Å². The maximum absolute atomic E-state index is 13.1. The molecule has 1 aliphatic heterocycles. The number of ether oxygens (including phenoxy) is 1. The number of pyridine rings is 1. The fourth-order valence-corrected chi connectivity index (χ4v) is 3.83. The molecule has 1 atom stereocenters. The lowest BCUT2D eigenvalue weighted by Gasteiger charge is -2.27. The molecule has 138 valence electrons. The molecular formula is C23H23NO3. The van der Waals surface area contributed by atoms with Gasteiger partial charge in [0.1, 0.15) is 5.75 Å². The van der Waals surface area contributed by atoms with Crippen LogP contribution in [-0.4, -0.2) is 10.5 Å². The van der Waals surface area contributed by atoms with Gasteiger partial charge in [0, 0.05) is 18.4 Å². The molecule has 0 N–H and O–H groups in total. The first-order chi connectivity index (χ1) is 12.8. The average molecular weight is 361 g/mol. The van der Waals surface area contributed by atoms with Crippen LogP contribution in [0.4, 0.5) is 0 Å². The van der Waals surface area contributed by atoms with Crippen molar-refractivity contribution in [3.8, 4) is 5.75 Å². The summed E-state index contributed by atoms with van der Waals surface area (Å²) < 4.78 is 7.20. The van der Waals surface area contributed by atoms with Crippen molar-refractivity contribution in [3.63, 3.8) is 0 Å². The zero-order valence-electron chi connectivity index (χ0n) is 16.1. The van der Waals surface area contributed by atoms with Crippen LogP contribution >= 0.6 is 0 Å². The van der Waals surface area contributed by atoms with Gasteiger partial charge in [-0.25, -0.2) is 0 Å². The van der Waals surface area contributed by atoms with E-state index >= 15 is 0 Å². The van der Waals surface area contributed by atoms with Gasteiger partial charge < -0.3 is 9.30 Å². The zero-order chi connectivity index (χ0) is 19.3. The van der Waals surface area contributed by atoms with Crippen LogP contribution in [0, 0.1) is 0 Å². The van der Waals surface area contributed by atoms with Crippen LogP contribution in [0.25, 0.3) is 10.9 Å². The lowest BCUT2D eigenvalue weighted by molar-refractivity contribution is -0.135. The molecule has 4 heteroatoms. The summed E-state index contributed by atoms with van der Waals surface area (Å²) in [6.45, 7) is 6.49. The molecule has 0 amide bonds. The maximum Gasteiger partial charge on any atom is 0.312 e. The van der Waals surface area contributed by atoms with Gasteiger partial charge in [-0.1, -0.05) is 57.2 Å². The predicted molar refractivity (Wildman–Crippen MR) is 106 cm³/mol. The second kappa shape index (κ2) is 6.08. The molecule has 0 radical (unpaired) electrons. The number of esters is 1. The SMILES string of the molecule is Cn1c(=O)c2c(c3ccccc31)OC(=O)CC2c1ccc(C(C)(C)C)cc1. The Morgan fingerprint density at radius 1 is 1.00 bits per heavy atom. The number of fused-ring (bicyclic) bond motifs is 3. The number of benzene rings is 2. The molecule has 4 nitrogen and oxygen atoms in total. The molecule has 27 heavy (non-hydrogen) atoms. The molecule has 0 bridgehead atoms. The van der Waals surface area contributed by atoms with Gasteiger partial charge in [0.05, 0.1) is 17.5 Å². The first-order valence-electron chi connectivity index (χ1n) is 9.20. The van der Waals surface area contributed by atoms with E-state index < -0.39 is 0 Å². The third-order valence-electron chi connectivity index (χ3n) is 5.40. The van der Waals surface area contributed by atoms with Gasteiger partial charge >= 0.3 is 5.97 Å². The number of carbonyl (C=O) groups is 1. The molecule has 0 saturated heterocycles. The van der Waals surface area contributed by atoms with E-state index in [0.29, 0.717) is 11.3 Å². The molecule has 3 aromatic rings. The molecule has 1 aromatic heterocycles. The normalized spacial score (nSPS) is 16.9. The molecule has 2 aromatic carbocycles. The summed E-state index contributed by atoms with van der Waals surface area (Å²) in [5.74, 6) is -0.181. The Labute approximate surface area is 158 Å². The Morgan fingerprint density at radius 2 is 1.67 bits per heavy atom. The van der Waals surface area contributed by atoms with Crippen molar-refractivity contribution >= 4 is 16.9 Å². The highest BCUT2D eigenvalue weighted by Gasteiger charge is 2.33. The van der Waals surface area contributed by atoms with Crippen molar-refractivity contribution in [2.45, 2.75) is 38.5 Å². The second-order valence-corrected chi connectivity index (χ2v) is 8.23. The minimum Gasteiger partial charge on any atom is -0.425 e. The smallest absolute Gasteiger partial charge is 0.312 e. The van der Waals surface area contributed by atoms with E-state index in [1.807, 2.05) is 36.4 Å². The zero-order valence-corrected chi connectivity index (χ0v) is 16.1. The lowest BCUT2D eigenvalue weighted by Crippen LogP contribution is -2.31. The number of rotatable bonds is 1. The molecule has 0 aliphatic carbocycles. The fraction of sp³-hybridized carbons (Fsp3) is 0.304. The van der Waals surface area contributed by atoms with Crippen molar-refractivity contribution in [2.75, 3.05) is 0 Å². The van der Waals surface area contributed by atoms with Crippen LogP contribution in [0.5, 0.6) is 5.75 Å². The summed E-state index contributed by atoms with van der Waals surface area (Å²) in [7, 11) is 1.77. The molecule has 0 spiro atoms. The summed E-state index contributed by atoms with van der Waals surface area (Å²) in [5, 5.41) is 0.791. The summed E-state index contributed by atoms with van der Waals surface area (Å²) in [4.78, 5) is 25.5. The molecular weight excluding hydrogens is 338 g/mol. The number of para-hydroxylation sites is 1. The van der Waals surface area contributed by atoms with Gasteiger partial charge in [0.15, 0.2) is 0 Å². The number of aryl methyl sites for hydroxylation is 1. The van der Waals surface area contributed by atoms with E-state index in [1.54, 1.807) is 11.6 Å². The third kappa shape index (κ3) is 2.85. The largest absolute Gasteiger partial charge is 0.425 e. The van der Waals surface area contributed by atoms with Crippen molar-refractivity contribution in [2.24, 2.45) is 7.05 Å². The minimum absolute atomic E-state index is 0.0499. The summed E-state index contributed by atoms with van der Waals surface area (Å²) in [6, 6.07) is 15.8. The van der Waals surface area contributed by atoms with E-state index in [1.165, 1.54) is 5.56 Å². The van der Waals surface area contributed by atoms with Crippen LogP contribution in [-0.2, 0) is 17.3 Å². The molecule has 0 fully saturated rings. The van der Waals surface area contributed by atoms with E-state index in [-0.39, 0.29) is 29.3 Å². The molecule has 4 rings (SSSR count). The number of hydrogen-bond acceptors (Lipinski definition) is 3. The van der Waals surface area contributed by atoms with Gasteiger partial charge in [-0.15, -0.1) is 0 Å². The Balaban J connectivity index is 1.94. The highest BCUT2D eigenvalue weighted by atomic mass is 16.5. The highest BCUT2D eigenvalue weighted by Crippen LogP contribution is 2.40. The molecule has 1 aliphatic rings. The van der Waals surface area contributed by atoms with E-state index in [0.717, 1.165) is 16.5 Å². The fourth-order valence-electron chi connectivity index (χ4n) is 3.83. The lowest BCUT2D eigenvalue weighted by atomic mass is 9.82. The van der Waals surface area contributed by atoms with Gasteiger partial charge in [0.25, 0.3) is 5.56 Å². The minimum atomic E-state index is -0.300. The summed E-state index contributed by atoms with van der Waals surface area (Å²) in [6.07, 6.45) is 0.176. The van der Waals surface area contributed by atoms with Gasteiger partial charge in [-0.3, -0.25) is 9.59 Å². The number of hydrogen-bond donors (Lipinski definition) is 0. The van der Waals surface area contributed by atoms with Crippen LogP contribution in [0.1, 0.15) is 49.8 Å². The maximum atomic E-state index is 13.1. The van der Waals surface area contributed by atoms with Gasteiger partial charge in [-0.2, -0.15) is 0 Å². The Morgan fingerprint density at radius 3 is 2.33 bits per heavy atom. The highest BCUT2D eigenvalue weighted by molar-refractivity contribution is 5.91. The number of carbonyl (C=O) groups excluding carboxylic acids is 1. The van der Waals surface area contributed by atoms with Crippen LogP contribution < -0.4 is 10.3 Å². The molecule has 0 saturated carbocycles. The first kappa shape index (κ1) is 17.5. The van der Waals surface area contributed by atoms with E-state index in [9.17, 15) is 9.59 Å². The summed E-state index contributed by atoms with van der Waals surface area (Å²) >= 11 is 0. The Bertz CT molecular complexity index is 1100. The van der Waals surface area contributed by atoms with Crippen LogP contribution in [0.15, 0.2) is 53.3 Å². The predicted octanol–water partition coefficient (Wildman–Crippen LogP) is 4.28.